The third-order valence-electron chi connectivity index (χ3n) is 6.09. The van der Waals surface area contributed by atoms with E-state index >= 15 is 0 Å². The van der Waals surface area contributed by atoms with Crippen LogP contribution >= 0.6 is 0 Å². The molecule has 2 atom stereocenters. The summed E-state index contributed by atoms with van der Waals surface area (Å²) in [5.41, 5.74) is 1.37. The maximum absolute atomic E-state index is 12.4. The van der Waals surface area contributed by atoms with Crippen molar-refractivity contribution in [2.75, 3.05) is 19.0 Å². The third-order valence-corrected chi connectivity index (χ3v) is 6.09. The second kappa shape index (κ2) is 8.52. The topological polar surface area (TPSA) is 122 Å². The van der Waals surface area contributed by atoms with Gasteiger partial charge >= 0.3 is 6.09 Å². The molecule has 1 saturated carbocycles. The van der Waals surface area contributed by atoms with Crippen LogP contribution in [-0.4, -0.2) is 62.4 Å². The number of hydrogen-bond donors (Lipinski definition) is 2. The van der Waals surface area contributed by atoms with E-state index in [-0.39, 0.29) is 36.0 Å². The summed E-state index contributed by atoms with van der Waals surface area (Å²) >= 11 is 0. The molecule has 2 aromatic rings. The number of nitrogens with one attached hydrogen (secondary N) is 2. The van der Waals surface area contributed by atoms with Crippen LogP contribution in [-0.2, 0) is 16.0 Å². The number of hydrogen-bond acceptors (Lipinski definition) is 7. The van der Waals surface area contributed by atoms with Crippen LogP contribution in [0.4, 0.5) is 10.6 Å². The largest absolute Gasteiger partial charge is 0.480 e. The van der Waals surface area contributed by atoms with Crippen molar-refractivity contribution in [3.63, 3.8) is 0 Å². The van der Waals surface area contributed by atoms with E-state index in [9.17, 15) is 9.59 Å². The molecule has 2 N–H and O–H groups in total. The number of aromatic nitrogens is 4. The Morgan fingerprint density at radius 1 is 1.29 bits per heavy atom. The molecule has 10 nitrogen and oxygen atoms in total. The summed E-state index contributed by atoms with van der Waals surface area (Å²) in [4.78, 5) is 34.6. The van der Waals surface area contributed by atoms with E-state index in [4.69, 9.17) is 9.47 Å². The molecule has 2 fully saturated rings. The minimum atomic E-state index is -0.229. The highest BCUT2D eigenvalue weighted by atomic mass is 16.6. The molecule has 166 valence electrons. The van der Waals surface area contributed by atoms with Crippen molar-refractivity contribution in [3.8, 4) is 5.88 Å². The number of carbonyl (C=O) groups excluding carboxylic acids is 2. The average Bonchev–Trinajstić information content (AvgIpc) is 3.37. The van der Waals surface area contributed by atoms with Gasteiger partial charge in [0.1, 0.15) is 6.10 Å². The van der Waals surface area contributed by atoms with Gasteiger partial charge in [0.25, 0.3) is 0 Å². The standard InChI is InChI=1S/C21H28N6O4/c1-21(2)6-7-27(21)20(29)31-15-5-4-13(8-15)16-10-17(26-25-16)24-18(28)9-14-11-23-19(30-3)12-22-14/h10-13,15H,4-9H2,1-3H3,(H2,24,25,26,28). The first-order valence-electron chi connectivity index (χ1n) is 10.5. The van der Waals surface area contributed by atoms with E-state index in [1.165, 1.54) is 19.5 Å². The zero-order valence-corrected chi connectivity index (χ0v) is 18.1. The van der Waals surface area contributed by atoms with Crippen molar-refractivity contribution in [2.24, 2.45) is 0 Å². The molecule has 10 heteroatoms. The van der Waals surface area contributed by atoms with Gasteiger partial charge in [-0.05, 0) is 39.5 Å². The molecule has 1 aliphatic carbocycles. The number of H-pyrrole nitrogens is 1. The van der Waals surface area contributed by atoms with E-state index < -0.39 is 0 Å². The minimum Gasteiger partial charge on any atom is -0.480 e. The molecule has 2 unspecified atom stereocenters. The predicted molar refractivity (Wildman–Crippen MR) is 112 cm³/mol. The first-order valence-corrected chi connectivity index (χ1v) is 10.5. The molecular weight excluding hydrogens is 400 g/mol. The van der Waals surface area contributed by atoms with Gasteiger partial charge in [-0.3, -0.25) is 14.9 Å². The van der Waals surface area contributed by atoms with E-state index in [1.807, 2.05) is 6.07 Å². The highest BCUT2D eigenvalue weighted by Crippen LogP contribution is 2.37. The Balaban J connectivity index is 1.26. The first kappa shape index (κ1) is 21.1. The summed E-state index contributed by atoms with van der Waals surface area (Å²) in [5, 5.41) is 9.97. The Morgan fingerprint density at radius 2 is 2.13 bits per heavy atom. The minimum absolute atomic E-state index is 0.0908. The van der Waals surface area contributed by atoms with Crippen LogP contribution in [0.3, 0.4) is 0 Å². The Hall–Kier alpha value is -3.17. The number of amides is 2. The van der Waals surface area contributed by atoms with Gasteiger partial charge in [0, 0.05) is 29.8 Å². The lowest BCUT2D eigenvalue weighted by Crippen LogP contribution is -2.58. The summed E-state index contributed by atoms with van der Waals surface area (Å²) in [5.74, 6) is 0.847. The Bertz CT molecular complexity index is 942. The molecule has 3 heterocycles. The van der Waals surface area contributed by atoms with E-state index in [0.29, 0.717) is 17.4 Å². The lowest BCUT2D eigenvalue weighted by molar-refractivity contribution is -0.115. The third kappa shape index (κ3) is 4.78. The summed E-state index contributed by atoms with van der Waals surface area (Å²) in [7, 11) is 1.51. The second-order valence-electron chi connectivity index (χ2n) is 8.71. The molecule has 2 amide bonds. The summed E-state index contributed by atoms with van der Waals surface area (Å²) in [6.45, 7) is 4.86. The van der Waals surface area contributed by atoms with Crippen LogP contribution in [0.15, 0.2) is 18.5 Å². The van der Waals surface area contributed by atoms with Crippen molar-refractivity contribution in [1.29, 1.82) is 0 Å². The van der Waals surface area contributed by atoms with Gasteiger partial charge in [-0.15, -0.1) is 0 Å². The number of aromatic amines is 1. The van der Waals surface area contributed by atoms with Gasteiger partial charge in [-0.2, -0.15) is 5.10 Å². The van der Waals surface area contributed by atoms with Gasteiger partial charge < -0.3 is 19.7 Å². The highest BCUT2D eigenvalue weighted by Gasteiger charge is 2.41. The van der Waals surface area contributed by atoms with Crippen molar-refractivity contribution in [1.82, 2.24) is 25.1 Å². The van der Waals surface area contributed by atoms with Crippen LogP contribution in [0.25, 0.3) is 0 Å². The number of ether oxygens (including phenoxy) is 2. The lowest BCUT2D eigenvalue weighted by atomic mass is 9.90. The maximum atomic E-state index is 12.4. The molecule has 2 aliphatic rings. The van der Waals surface area contributed by atoms with Crippen LogP contribution in [0, 0.1) is 0 Å². The molecule has 0 spiro atoms. The number of likely N-dealkylation sites (tertiary alicyclic amines) is 1. The van der Waals surface area contributed by atoms with Gasteiger partial charge in [0.15, 0.2) is 5.82 Å². The number of methoxy groups -OCH3 is 1. The average molecular weight is 428 g/mol. The van der Waals surface area contributed by atoms with Crippen LogP contribution < -0.4 is 10.1 Å². The van der Waals surface area contributed by atoms with Crippen molar-refractivity contribution in [2.45, 2.75) is 63.5 Å². The fourth-order valence-corrected chi connectivity index (χ4v) is 4.05. The van der Waals surface area contributed by atoms with Crippen LogP contribution in [0.1, 0.15) is 56.8 Å². The zero-order valence-electron chi connectivity index (χ0n) is 18.1. The smallest absolute Gasteiger partial charge is 0.410 e. The molecule has 4 rings (SSSR count). The van der Waals surface area contributed by atoms with Crippen molar-refractivity contribution < 1.29 is 19.1 Å². The van der Waals surface area contributed by atoms with Crippen molar-refractivity contribution >= 4 is 17.8 Å². The fraction of sp³-hybridized carbons (Fsp3) is 0.571. The van der Waals surface area contributed by atoms with Gasteiger partial charge in [-0.1, -0.05) is 0 Å². The molecule has 31 heavy (non-hydrogen) atoms. The van der Waals surface area contributed by atoms with E-state index in [1.54, 1.807) is 4.90 Å². The summed E-state index contributed by atoms with van der Waals surface area (Å²) < 4.78 is 10.7. The van der Waals surface area contributed by atoms with E-state index in [2.05, 4.69) is 39.3 Å². The SMILES string of the molecule is COc1cnc(CC(=O)Nc2cc(C3CCC(OC(=O)N4CCC4(C)C)C3)[nH]n2)cn1. The van der Waals surface area contributed by atoms with Crippen LogP contribution in [0.2, 0.25) is 0 Å². The lowest BCUT2D eigenvalue weighted by Gasteiger charge is -2.47. The Kier molecular flexibility index (Phi) is 5.79. The number of carbonyl (C=O) groups is 2. The van der Waals surface area contributed by atoms with Gasteiger partial charge in [0.2, 0.25) is 11.8 Å². The number of rotatable bonds is 6. The predicted octanol–water partition coefficient (Wildman–Crippen LogP) is 2.65. The van der Waals surface area contributed by atoms with E-state index in [0.717, 1.165) is 37.9 Å². The molecule has 1 saturated heterocycles. The fourth-order valence-electron chi connectivity index (χ4n) is 4.05. The molecular formula is C21H28N6O4. The first-order chi connectivity index (χ1) is 14.8. The maximum Gasteiger partial charge on any atom is 0.410 e. The van der Waals surface area contributed by atoms with Gasteiger partial charge in [-0.25, -0.2) is 9.78 Å². The normalized spacial score (nSPS) is 22.0. The monoisotopic (exact) mass is 428 g/mol. The molecule has 0 radical (unpaired) electrons. The highest BCUT2D eigenvalue weighted by molar-refractivity contribution is 5.91. The molecule has 1 aliphatic heterocycles. The summed E-state index contributed by atoms with van der Waals surface area (Å²) in [6, 6.07) is 1.84. The Labute approximate surface area is 180 Å². The summed E-state index contributed by atoms with van der Waals surface area (Å²) in [6.07, 6.45) is 6.23. The Morgan fingerprint density at radius 3 is 2.77 bits per heavy atom. The van der Waals surface area contributed by atoms with Crippen molar-refractivity contribution in [3.05, 3.63) is 29.8 Å². The second-order valence-corrected chi connectivity index (χ2v) is 8.71. The molecule has 2 aromatic heterocycles. The molecule has 0 aromatic carbocycles. The number of nitrogens with zero attached hydrogens (tertiary/aromatic N) is 4. The van der Waals surface area contributed by atoms with Crippen LogP contribution in [0.5, 0.6) is 5.88 Å². The van der Waals surface area contributed by atoms with Gasteiger partial charge in [0.05, 0.1) is 31.6 Å². The quantitative estimate of drug-likeness (QED) is 0.725. The molecule has 0 bridgehead atoms. The zero-order chi connectivity index (χ0) is 22.0. The number of anilines is 1.